The molecule has 410 valence electrons. The largest absolute Gasteiger partial charge is 0.311 e. The van der Waals surface area contributed by atoms with Crippen molar-refractivity contribution in [2.45, 2.75) is 58.3 Å². The van der Waals surface area contributed by atoms with E-state index in [1.807, 2.05) is 6.07 Å². The Bertz CT molecular complexity index is 4600. The van der Waals surface area contributed by atoms with Crippen molar-refractivity contribution in [1.29, 1.82) is 5.26 Å². The van der Waals surface area contributed by atoms with Crippen molar-refractivity contribution in [1.82, 2.24) is 0 Å². The van der Waals surface area contributed by atoms with Gasteiger partial charge in [0.05, 0.1) is 23.0 Å². The molecule has 3 nitrogen and oxygen atoms in total. The first-order valence-electron chi connectivity index (χ1n) is 30.2. The average molecular weight is 1100 g/mol. The Morgan fingerprint density at radius 3 is 1.27 bits per heavy atom. The molecule has 0 saturated heterocycles. The Hall–Kier alpha value is -10.2. The number of nitrogens with zero attached hydrogens (tertiary/aromatic N) is 3. The van der Waals surface area contributed by atoms with Crippen LogP contribution in [0, 0.1) is 11.3 Å². The van der Waals surface area contributed by atoms with Crippen molar-refractivity contribution in [2.24, 2.45) is 0 Å². The first-order chi connectivity index (χ1) is 41.9. The number of rotatable bonds is 8. The van der Waals surface area contributed by atoms with Crippen molar-refractivity contribution in [3.05, 3.63) is 306 Å². The van der Waals surface area contributed by atoms with Crippen LogP contribution in [0.1, 0.15) is 80.8 Å². The van der Waals surface area contributed by atoms with Crippen LogP contribution in [-0.4, -0.2) is 6.71 Å². The summed E-state index contributed by atoms with van der Waals surface area (Å²) in [6, 6.07) is 104. The molecule has 0 amide bonds. The van der Waals surface area contributed by atoms with Gasteiger partial charge in [0, 0.05) is 39.8 Å². The molecular weight excluding hydrogens is 1040 g/mol. The summed E-state index contributed by atoms with van der Waals surface area (Å²) in [4.78, 5) is 5.13. The summed E-state index contributed by atoms with van der Waals surface area (Å²) in [7, 11) is 0. The molecule has 0 spiro atoms. The van der Waals surface area contributed by atoms with Gasteiger partial charge >= 0.3 is 0 Å². The summed E-state index contributed by atoms with van der Waals surface area (Å²) in [5.41, 5.74) is 31.3. The number of hydrogen-bond acceptors (Lipinski definition) is 3. The maximum atomic E-state index is 10.6. The monoisotopic (exact) mass is 1100 g/mol. The standard InChI is InChI=1S/C82H64BN3/c1-81(2,3)63-36-38-65-69(50-63)70-51-64(82(4,5)6)37-39-66(70)79(65)61-33-40-71-76(47-61)86(74-42-34-59(54-22-12-7-13-23-54)45-68(74)58-30-20-11-21-31-58)78-49-62(56-26-16-9-17-27-56)48-77-80(78)83(71)72-46-60(55-24-14-8-15-25-55)35-43-75(72)85(77)73-41-32-53(52-84)44-67(73)57-28-18-10-19-29-57/h7-51,79H,1-6H3. The number of anilines is 6. The molecule has 4 heteroatoms. The molecule has 2 heterocycles. The highest BCUT2D eigenvalue weighted by Gasteiger charge is 2.45. The molecule has 0 atom stereocenters. The van der Waals surface area contributed by atoms with Crippen LogP contribution >= 0.6 is 0 Å². The fourth-order valence-electron chi connectivity index (χ4n) is 13.9. The quantitative estimate of drug-likeness (QED) is 0.142. The molecule has 0 bridgehead atoms. The van der Waals surface area contributed by atoms with Gasteiger partial charge in [-0.1, -0.05) is 260 Å². The zero-order chi connectivity index (χ0) is 58.4. The molecule has 0 fully saturated rings. The molecule has 12 aromatic carbocycles. The summed E-state index contributed by atoms with van der Waals surface area (Å²) in [5.74, 6) is -0.0107. The Morgan fingerprint density at radius 1 is 0.326 bits per heavy atom. The highest BCUT2D eigenvalue weighted by Crippen LogP contribution is 2.54. The van der Waals surface area contributed by atoms with Crippen molar-refractivity contribution in [3.8, 4) is 72.8 Å². The van der Waals surface area contributed by atoms with Crippen molar-refractivity contribution >= 4 is 57.2 Å². The SMILES string of the molecule is CC(C)(C)c1ccc2c(c1)-c1cc(C(C)(C)C)ccc1C2c1ccc2c(c1)N(c1ccc(-c3ccccc3)cc1-c1ccccc1)c1cc(-c3ccccc3)cc3c1B2c1cc(-c2ccccc2)ccc1N3c1ccc(C#N)cc1-c1ccccc1. The summed E-state index contributed by atoms with van der Waals surface area (Å²) in [6.45, 7) is 13.8. The summed E-state index contributed by atoms with van der Waals surface area (Å²) >= 11 is 0. The first-order valence-corrected chi connectivity index (χ1v) is 30.2. The maximum absolute atomic E-state index is 10.6. The van der Waals surface area contributed by atoms with Crippen molar-refractivity contribution < 1.29 is 0 Å². The second-order valence-corrected chi connectivity index (χ2v) is 25.6. The third-order valence-electron chi connectivity index (χ3n) is 18.3. The zero-order valence-corrected chi connectivity index (χ0v) is 49.5. The third-order valence-corrected chi connectivity index (χ3v) is 18.3. The van der Waals surface area contributed by atoms with Gasteiger partial charge in [-0.05, 0) is 165 Å². The lowest BCUT2D eigenvalue weighted by Gasteiger charge is -2.45. The van der Waals surface area contributed by atoms with Crippen LogP contribution < -0.4 is 26.2 Å². The predicted octanol–water partition coefficient (Wildman–Crippen LogP) is 19.7. The second kappa shape index (κ2) is 20.5. The van der Waals surface area contributed by atoms with Gasteiger partial charge in [0.2, 0.25) is 0 Å². The van der Waals surface area contributed by atoms with E-state index in [1.165, 1.54) is 60.9 Å². The lowest BCUT2D eigenvalue weighted by Crippen LogP contribution is -2.61. The molecule has 12 aromatic rings. The van der Waals surface area contributed by atoms with Crippen molar-refractivity contribution in [3.63, 3.8) is 0 Å². The van der Waals surface area contributed by atoms with Gasteiger partial charge in [-0.15, -0.1) is 0 Å². The van der Waals surface area contributed by atoms with E-state index in [-0.39, 0.29) is 23.5 Å². The van der Waals surface area contributed by atoms with Crippen LogP contribution in [0.4, 0.5) is 34.1 Å². The Labute approximate surface area is 506 Å². The van der Waals surface area contributed by atoms with Crippen LogP contribution in [0.25, 0.3) is 66.8 Å². The van der Waals surface area contributed by atoms with E-state index in [1.54, 1.807) is 0 Å². The second-order valence-electron chi connectivity index (χ2n) is 25.6. The molecule has 15 rings (SSSR count). The molecule has 0 N–H and O–H groups in total. The normalized spacial score (nSPS) is 13.1. The van der Waals surface area contributed by atoms with Crippen LogP contribution in [0.3, 0.4) is 0 Å². The van der Waals surface area contributed by atoms with E-state index in [9.17, 15) is 5.26 Å². The minimum atomic E-state index is -0.186. The van der Waals surface area contributed by atoms with E-state index in [0.717, 1.165) is 84.2 Å². The van der Waals surface area contributed by atoms with Crippen LogP contribution in [-0.2, 0) is 10.8 Å². The fourth-order valence-corrected chi connectivity index (χ4v) is 13.9. The number of fused-ring (bicyclic) bond motifs is 7. The van der Waals surface area contributed by atoms with Crippen LogP contribution in [0.2, 0.25) is 0 Å². The number of hydrogen-bond donors (Lipinski definition) is 0. The molecule has 1 aliphatic carbocycles. The number of nitriles is 1. The lowest BCUT2D eigenvalue weighted by molar-refractivity contribution is 0.589. The summed E-state index contributed by atoms with van der Waals surface area (Å²) < 4.78 is 0. The molecule has 3 aliphatic rings. The lowest BCUT2D eigenvalue weighted by atomic mass is 9.33. The van der Waals surface area contributed by atoms with Crippen LogP contribution in [0.5, 0.6) is 0 Å². The zero-order valence-electron chi connectivity index (χ0n) is 49.5. The van der Waals surface area contributed by atoms with Gasteiger partial charge in [0.1, 0.15) is 0 Å². The van der Waals surface area contributed by atoms with E-state index in [0.29, 0.717) is 5.56 Å². The maximum Gasteiger partial charge on any atom is 0.252 e. The van der Waals surface area contributed by atoms with Gasteiger partial charge in [0.15, 0.2) is 0 Å². The Kier molecular flexibility index (Phi) is 12.6. The average Bonchev–Trinajstić information content (AvgIpc) is 0.752. The predicted molar refractivity (Wildman–Crippen MR) is 363 cm³/mol. The summed E-state index contributed by atoms with van der Waals surface area (Å²) in [6.07, 6.45) is 0. The van der Waals surface area contributed by atoms with Gasteiger partial charge in [-0.3, -0.25) is 0 Å². The smallest absolute Gasteiger partial charge is 0.252 e. The molecule has 0 unspecified atom stereocenters. The first kappa shape index (κ1) is 52.6. The Morgan fingerprint density at radius 2 is 0.767 bits per heavy atom. The molecule has 0 aromatic heterocycles. The fraction of sp³-hybridized carbons (Fsp3) is 0.110. The third kappa shape index (κ3) is 8.88. The molecular formula is C82H64BN3. The molecule has 2 aliphatic heterocycles. The number of benzene rings is 12. The van der Waals surface area contributed by atoms with Gasteiger partial charge in [0.25, 0.3) is 6.71 Å². The summed E-state index contributed by atoms with van der Waals surface area (Å²) in [5, 5.41) is 10.6. The van der Waals surface area contributed by atoms with Crippen molar-refractivity contribution in [2.75, 3.05) is 9.80 Å². The minimum Gasteiger partial charge on any atom is -0.311 e. The van der Waals surface area contributed by atoms with E-state index < -0.39 is 0 Å². The highest BCUT2D eigenvalue weighted by molar-refractivity contribution is 7.00. The van der Waals surface area contributed by atoms with E-state index in [2.05, 4.69) is 324 Å². The van der Waals surface area contributed by atoms with Gasteiger partial charge in [-0.2, -0.15) is 5.26 Å². The van der Waals surface area contributed by atoms with E-state index >= 15 is 0 Å². The minimum absolute atomic E-state index is 0.0107. The van der Waals surface area contributed by atoms with Crippen LogP contribution in [0.15, 0.2) is 273 Å². The topological polar surface area (TPSA) is 30.3 Å². The Balaban J connectivity index is 1.07. The van der Waals surface area contributed by atoms with Gasteiger partial charge in [-0.25, -0.2) is 0 Å². The highest BCUT2D eigenvalue weighted by atomic mass is 15.2. The van der Waals surface area contributed by atoms with Gasteiger partial charge < -0.3 is 9.80 Å². The molecule has 0 radical (unpaired) electrons. The molecule has 0 saturated carbocycles. The molecule has 86 heavy (non-hydrogen) atoms. The van der Waals surface area contributed by atoms with E-state index in [4.69, 9.17) is 0 Å².